The second kappa shape index (κ2) is 13.7. The average molecular weight is 637 g/mol. The SMILES string of the molecule is CC[C@@H](CCO[Si](c1ccccc1)(c1ccccc1)C(C)(C)C)Nc1ncnc2cnn(Cc3ccc(C(C)(C)N)cc3OC)c12. The normalized spacial score (nSPS) is 13.1. The van der Waals surface area contributed by atoms with Crippen LogP contribution >= 0.6 is 0 Å². The molecule has 0 aliphatic rings. The summed E-state index contributed by atoms with van der Waals surface area (Å²) in [7, 11) is -0.934. The monoisotopic (exact) mass is 636 g/mol. The van der Waals surface area contributed by atoms with Crippen molar-refractivity contribution in [3.8, 4) is 5.75 Å². The van der Waals surface area contributed by atoms with Crippen LogP contribution in [0.2, 0.25) is 5.04 Å². The highest BCUT2D eigenvalue weighted by molar-refractivity contribution is 6.99. The Labute approximate surface area is 274 Å². The molecule has 0 saturated carbocycles. The Morgan fingerprint density at radius 2 is 1.57 bits per heavy atom. The Balaban J connectivity index is 1.39. The number of benzene rings is 3. The minimum Gasteiger partial charge on any atom is -0.496 e. The molecule has 0 radical (unpaired) electrons. The molecule has 0 aliphatic carbocycles. The highest BCUT2D eigenvalue weighted by Crippen LogP contribution is 2.37. The van der Waals surface area contributed by atoms with E-state index in [2.05, 4.69) is 116 Å². The molecule has 0 amide bonds. The fourth-order valence-electron chi connectivity index (χ4n) is 6.27. The van der Waals surface area contributed by atoms with E-state index in [4.69, 9.17) is 20.0 Å². The first-order chi connectivity index (χ1) is 22.0. The summed E-state index contributed by atoms with van der Waals surface area (Å²) in [5.74, 6) is 1.54. The van der Waals surface area contributed by atoms with Crippen molar-refractivity contribution in [2.75, 3.05) is 19.0 Å². The number of anilines is 1. The predicted molar refractivity (Wildman–Crippen MR) is 191 cm³/mol. The van der Waals surface area contributed by atoms with Gasteiger partial charge in [-0.3, -0.25) is 4.68 Å². The highest BCUT2D eigenvalue weighted by atomic mass is 28.4. The van der Waals surface area contributed by atoms with Crippen molar-refractivity contribution in [3.05, 3.63) is 103 Å². The van der Waals surface area contributed by atoms with Crippen LogP contribution in [0.5, 0.6) is 5.75 Å². The standard InChI is InChI=1S/C37H48N6O2Si/c1-8-29(21-22-45-46(36(2,3)4,30-15-11-9-12-16-30)31-17-13-10-14-18-31)42-35-34-32(39-26-40-35)24-41-43(34)25-27-19-20-28(37(5,6)38)23-33(27)44-7/h9-20,23-24,26,29H,8,21-22,25,38H2,1-7H3,(H,39,40,42)/t29-/m0/s1. The molecule has 242 valence electrons. The summed E-state index contributed by atoms with van der Waals surface area (Å²) in [6.45, 7) is 14.2. The van der Waals surface area contributed by atoms with Gasteiger partial charge in [0.15, 0.2) is 5.82 Å². The first-order valence-corrected chi connectivity index (χ1v) is 18.0. The van der Waals surface area contributed by atoms with Gasteiger partial charge in [-0.05, 0) is 53.7 Å². The van der Waals surface area contributed by atoms with Gasteiger partial charge < -0.3 is 20.2 Å². The number of aromatic nitrogens is 4. The molecule has 0 aliphatic heterocycles. The van der Waals surface area contributed by atoms with Gasteiger partial charge in [-0.2, -0.15) is 5.10 Å². The van der Waals surface area contributed by atoms with E-state index in [1.807, 2.05) is 24.6 Å². The second-order valence-electron chi connectivity index (χ2n) is 13.6. The maximum absolute atomic E-state index is 7.20. The summed E-state index contributed by atoms with van der Waals surface area (Å²) in [5, 5.41) is 10.9. The van der Waals surface area contributed by atoms with E-state index in [9.17, 15) is 0 Å². The average Bonchev–Trinajstić information content (AvgIpc) is 3.46. The lowest BCUT2D eigenvalue weighted by molar-refractivity contribution is 0.282. The van der Waals surface area contributed by atoms with E-state index in [1.165, 1.54) is 10.4 Å². The van der Waals surface area contributed by atoms with Crippen LogP contribution in [0, 0.1) is 0 Å². The number of fused-ring (bicyclic) bond motifs is 1. The van der Waals surface area contributed by atoms with Gasteiger partial charge in [0.2, 0.25) is 0 Å². The lowest BCUT2D eigenvalue weighted by Gasteiger charge is -2.43. The van der Waals surface area contributed by atoms with Crippen molar-refractivity contribution in [2.45, 2.75) is 77.5 Å². The zero-order chi connectivity index (χ0) is 33.0. The fraction of sp³-hybridized carbons (Fsp3) is 0.378. The molecule has 0 fully saturated rings. The van der Waals surface area contributed by atoms with Gasteiger partial charge in [0, 0.05) is 23.8 Å². The minimum atomic E-state index is -2.62. The summed E-state index contributed by atoms with van der Waals surface area (Å²) in [6.07, 6.45) is 5.12. The number of rotatable bonds is 13. The molecule has 5 rings (SSSR count). The molecule has 5 aromatic rings. The number of hydrogen-bond acceptors (Lipinski definition) is 7. The van der Waals surface area contributed by atoms with Crippen molar-refractivity contribution in [1.29, 1.82) is 0 Å². The summed E-state index contributed by atoms with van der Waals surface area (Å²) >= 11 is 0. The Morgan fingerprint density at radius 1 is 0.913 bits per heavy atom. The van der Waals surface area contributed by atoms with E-state index in [-0.39, 0.29) is 11.1 Å². The van der Waals surface area contributed by atoms with Gasteiger partial charge in [0.1, 0.15) is 23.1 Å². The smallest absolute Gasteiger partial charge is 0.261 e. The van der Waals surface area contributed by atoms with Crippen molar-refractivity contribution < 1.29 is 9.16 Å². The predicted octanol–water partition coefficient (Wildman–Crippen LogP) is 6.23. The van der Waals surface area contributed by atoms with Crippen LogP contribution in [0.25, 0.3) is 11.0 Å². The lowest BCUT2D eigenvalue weighted by Crippen LogP contribution is -2.66. The number of nitrogens with one attached hydrogen (secondary N) is 1. The van der Waals surface area contributed by atoms with Crippen LogP contribution in [-0.2, 0) is 16.5 Å². The Bertz CT molecular complexity index is 1690. The zero-order valence-electron chi connectivity index (χ0n) is 28.2. The third kappa shape index (κ3) is 6.87. The Hall–Kier alpha value is -4.05. The first kappa shape index (κ1) is 33.3. The molecule has 2 aromatic heterocycles. The van der Waals surface area contributed by atoms with Crippen LogP contribution in [0.4, 0.5) is 5.82 Å². The van der Waals surface area contributed by atoms with Gasteiger partial charge in [0.25, 0.3) is 8.32 Å². The molecule has 0 spiro atoms. The van der Waals surface area contributed by atoms with Crippen LogP contribution in [0.3, 0.4) is 0 Å². The summed E-state index contributed by atoms with van der Waals surface area (Å²) in [4.78, 5) is 9.20. The molecule has 0 unspecified atom stereocenters. The van der Waals surface area contributed by atoms with E-state index in [0.29, 0.717) is 13.2 Å². The topological polar surface area (TPSA) is 100 Å². The summed E-state index contributed by atoms with van der Waals surface area (Å²) in [6, 6.07) is 27.8. The van der Waals surface area contributed by atoms with E-state index in [1.54, 1.807) is 19.6 Å². The van der Waals surface area contributed by atoms with Crippen molar-refractivity contribution in [3.63, 3.8) is 0 Å². The van der Waals surface area contributed by atoms with Crippen LogP contribution < -0.4 is 26.2 Å². The van der Waals surface area contributed by atoms with E-state index >= 15 is 0 Å². The number of nitrogens with two attached hydrogens (primary N) is 1. The van der Waals surface area contributed by atoms with Gasteiger partial charge in [0.05, 0.1) is 19.9 Å². The van der Waals surface area contributed by atoms with Crippen molar-refractivity contribution >= 4 is 35.5 Å². The Morgan fingerprint density at radius 3 is 2.13 bits per heavy atom. The molecule has 9 heteroatoms. The molecular weight excluding hydrogens is 589 g/mol. The molecule has 1 atom stereocenters. The molecule has 3 aromatic carbocycles. The van der Waals surface area contributed by atoms with Crippen molar-refractivity contribution in [2.24, 2.45) is 5.73 Å². The third-order valence-corrected chi connectivity index (χ3v) is 13.9. The molecule has 3 N–H and O–H groups in total. The van der Waals surface area contributed by atoms with Crippen LogP contribution in [-0.4, -0.2) is 47.8 Å². The number of hydrogen-bond donors (Lipinski definition) is 2. The molecule has 2 heterocycles. The van der Waals surface area contributed by atoms with Crippen LogP contribution in [0.1, 0.15) is 65.5 Å². The zero-order valence-corrected chi connectivity index (χ0v) is 29.2. The molecule has 0 bridgehead atoms. The van der Waals surface area contributed by atoms with Gasteiger partial charge in [-0.25, -0.2) is 9.97 Å². The fourth-order valence-corrected chi connectivity index (χ4v) is 10.9. The van der Waals surface area contributed by atoms with Gasteiger partial charge in [-0.15, -0.1) is 0 Å². The maximum Gasteiger partial charge on any atom is 0.261 e. The lowest BCUT2D eigenvalue weighted by atomic mass is 9.94. The first-order valence-electron chi connectivity index (χ1n) is 16.1. The van der Waals surface area contributed by atoms with E-state index < -0.39 is 13.9 Å². The Kier molecular flexibility index (Phi) is 9.95. The quantitative estimate of drug-likeness (QED) is 0.148. The minimum absolute atomic E-state index is 0.0741. The van der Waals surface area contributed by atoms with Gasteiger partial charge >= 0.3 is 0 Å². The maximum atomic E-state index is 7.20. The summed E-state index contributed by atoms with van der Waals surface area (Å²) < 4.78 is 14.9. The largest absolute Gasteiger partial charge is 0.496 e. The molecule has 0 saturated heterocycles. The second-order valence-corrected chi connectivity index (χ2v) is 17.9. The number of ether oxygens (including phenoxy) is 1. The van der Waals surface area contributed by atoms with Crippen LogP contribution in [0.15, 0.2) is 91.4 Å². The molecule has 46 heavy (non-hydrogen) atoms. The highest BCUT2D eigenvalue weighted by Gasteiger charge is 2.50. The molecular formula is C37H48N6O2Si. The molecule has 8 nitrogen and oxygen atoms in total. The number of methoxy groups -OCH3 is 1. The third-order valence-electron chi connectivity index (χ3n) is 8.81. The summed E-state index contributed by atoms with van der Waals surface area (Å²) in [5.41, 5.74) is 9.54. The van der Waals surface area contributed by atoms with E-state index in [0.717, 1.165) is 46.6 Å². The van der Waals surface area contributed by atoms with Crippen molar-refractivity contribution in [1.82, 2.24) is 19.7 Å². The van der Waals surface area contributed by atoms with Gasteiger partial charge in [-0.1, -0.05) is 100 Å². The number of nitrogens with zero attached hydrogens (tertiary/aromatic N) is 4.